The quantitative estimate of drug-likeness (QED) is 0.387. The molecule has 1 aromatic heterocycles. The SMILES string of the molecule is Cc1cc(Nc2n[nH]c(NCc3ccc(O)cc3)c2C(N)=O)ccc1N1CCN(C)CC1. The van der Waals surface area contributed by atoms with Crippen LogP contribution in [0.3, 0.4) is 0 Å². The predicted molar refractivity (Wildman–Crippen MR) is 127 cm³/mol. The van der Waals surface area contributed by atoms with Gasteiger partial charge >= 0.3 is 0 Å². The van der Waals surface area contributed by atoms with Crippen LogP contribution in [0, 0.1) is 6.92 Å². The normalized spacial score (nSPS) is 14.4. The van der Waals surface area contributed by atoms with Gasteiger partial charge < -0.3 is 31.3 Å². The van der Waals surface area contributed by atoms with Gasteiger partial charge in [-0.05, 0) is 55.4 Å². The van der Waals surface area contributed by atoms with Gasteiger partial charge in [0, 0.05) is 44.1 Å². The number of H-pyrrole nitrogens is 1. The minimum Gasteiger partial charge on any atom is -0.508 e. The number of benzene rings is 2. The first-order valence-corrected chi connectivity index (χ1v) is 10.6. The zero-order valence-corrected chi connectivity index (χ0v) is 18.4. The Kier molecular flexibility index (Phi) is 6.18. The summed E-state index contributed by atoms with van der Waals surface area (Å²) in [5.41, 5.74) is 10.1. The zero-order valence-electron chi connectivity index (χ0n) is 18.4. The molecule has 0 spiro atoms. The Labute approximate surface area is 187 Å². The third-order valence-corrected chi connectivity index (χ3v) is 5.72. The molecule has 6 N–H and O–H groups in total. The van der Waals surface area contributed by atoms with Crippen molar-refractivity contribution in [1.29, 1.82) is 0 Å². The molecule has 1 aliphatic rings. The lowest BCUT2D eigenvalue weighted by Gasteiger charge is -2.35. The standard InChI is InChI=1S/C23H29N7O2/c1-15-13-17(5-8-19(15)30-11-9-29(2)10-12-30)26-23-20(21(24)32)22(27-28-23)25-14-16-3-6-18(31)7-4-16/h3-8,13,31H,9-12,14H2,1-2H3,(H2,24,32)(H3,25,26,27,28). The van der Waals surface area contributed by atoms with Gasteiger partial charge in [0.25, 0.3) is 5.91 Å². The molecular formula is C23H29N7O2. The molecule has 2 aromatic carbocycles. The van der Waals surface area contributed by atoms with Crippen LogP contribution in [0.4, 0.5) is 23.0 Å². The van der Waals surface area contributed by atoms with E-state index in [-0.39, 0.29) is 11.3 Å². The minimum atomic E-state index is -0.583. The Balaban J connectivity index is 1.48. The molecule has 0 saturated carbocycles. The number of piperazine rings is 1. The molecule has 1 amide bonds. The molecule has 0 radical (unpaired) electrons. The molecule has 0 bridgehead atoms. The fourth-order valence-electron chi connectivity index (χ4n) is 3.88. The van der Waals surface area contributed by atoms with E-state index in [0.717, 1.165) is 43.0 Å². The van der Waals surface area contributed by atoms with Crippen molar-refractivity contribution in [3.63, 3.8) is 0 Å². The number of nitrogens with one attached hydrogen (secondary N) is 3. The van der Waals surface area contributed by atoms with Crippen LogP contribution in [0.25, 0.3) is 0 Å². The lowest BCUT2D eigenvalue weighted by molar-refractivity contribution is 0.100. The Morgan fingerprint density at radius 1 is 1.16 bits per heavy atom. The van der Waals surface area contributed by atoms with Crippen molar-refractivity contribution in [2.45, 2.75) is 13.5 Å². The molecule has 4 rings (SSSR count). The highest BCUT2D eigenvalue weighted by Gasteiger charge is 2.20. The van der Waals surface area contributed by atoms with Crippen LogP contribution >= 0.6 is 0 Å². The van der Waals surface area contributed by atoms with Crippen LogP contribution in [0.15, 0.2) is 42.5 Å². The number of rotatable bonds is 7. The maximum absolute atomic E-state index is 12.1. The largest absolute Gasteiger partial charge is 0.508 e. The van der Waals surface area contributed by atoms with Crippen molar-refractivity contribution in [3.8, 4) is 5.75 Å². The maximum Gasteiger partial charge on any atom is 0.256 e. The van der Waals surface area contributed by atoms with Crippen LogP contribution in [0.2, 0.25) is 0 Å². The van der Waals surface area contributed by atoms with E-state index in [1.165, 1.54) is 5.69 Å². The van der Waals surface area contributed by atoms with Gasteiger partial charge in [0.2, 0.25) is 0 Å². The van der Waals surface area contributed by atoms with Crippen molar-refractivity contribution in [2.75, 3.05) is 48.8 Å². The first-order valence-electron chi connectivity index (χ1n) is 10.6. The van der Waals surface area contributed by atoms with E-state index in [4.69, 9.17) is 5.73 Å². The number of carbonyl (C=O) groups excluding carboxylic acids is 1. The van der Waals surface area contributed by atoms with Gasteiger partial charge in [0.15, 0.2) is 5.82 Å². The number of aromatic amines is 1. The summed E-state index contributed by atoms with van der Waals surface area (Å²) in [5, 5.41) is 22.9. The number of aromatic hydroxyl groups is 1. The van der Waals surface area contributed by atoms with E-state index in [1.807, 2.05) is 6.07 Å². The molecule has 9 heteroatoms. The van der Waals surface area contributed by atoms with E-state index in [1.54, 1.807) is 24.3 Å². The molecule has 3 aromatic rings. The first kappa shape index (κ1) is 21.5. The van der Waals surface area contributed by atoms with Crippen molar-refractivity contribution >= 4 is 28.9 Å². The number of nitrogens with two attached hydrogens (primary N) is 1. The molecule has 0 aliphatic carbocycles. The van der Waals surface area contributed by atoms with Crippen molar-refractivity contribution in [3.05, 3.63) is 59.2 Å². The number of primary amides is 1. The van der Waals surface area contributed by atoms with Gasteiger partial charge in [-0.15, -0.1) is 0 Å². The molecule has 0 unspecified atom stereocenters. The van der Waals surface area contributed by atoms with Gasteiger partial charge in [-0.2, -0.15) is 5.10 Å². The summed E-state index contributed by atoms with van der Waals surface area (Å²) in [6, 6.07) is 13.0. The van der Waals surface area contributed by atoms with E-state index in [0.29, 0.717) is 18.2 Å². The number of phenolic OH excluding ortho intramolecular Hbond substituents is 1. The fraction of sp³-hybridized carbons (Fsp3) is 0.304. The highest BCUT2D eigenvalue weighted by atomic mass is 16.3. The smallest absolute Gasteiger partial charge is 0.256 e. The molecule has 2 heterocycles. The zero-order chi connectivity index (χ0) is 22.7. The number of hydrogen-bond donors (Lipinski definition) is 5. The summed E-state index contributed by atoms with van der Waals surface area (Å²) in [4.78, 5) is 16.9. The summed E-state index contributed by atoms with van der Waals surface area (Å²) in [6.45, 7) is 6.64. The number of aromatic nitrogens is 2. The second-order valence-electron chi connectivity index (χ2n) is 8.12. The molecule has 0 atom stereocenters. The van der Waals surface area contributed by atoms with E-state index in [9.17, 15) is 9.90 Å². The predicted octanol–water partition coefficient (Wildman–Crippen LogP) is 2.63. The van der Waals surface area contributed by atoms with Crippen molar-refractivity contribution in [1.82, 2.24) is 15.1 Å². The Morgan fingerprint density at radius 2 is 1.88 bits per heavy atom. The van der Waals surface area contributed by atoms with Gasteiger partial charge in [0.05, 0.1) is 0 Å². The first-order chi connectivity index (χ1) is 15.4. The Hall–Kier alpha value is -3.72. The molecule has 1 aliphatic heterocycles. The minimum absolute atomic E-state index is 0.202. The third kappa shape index (κ3) is 4.78. The summed E-state index contributed by atoms with van der Waals surface area (Å²) < 4.78 is 0. The van der Waals surface area contributed by atoms with Crippen LogP contribution < -0.4 is 21.3 Å². The molecule has 1 fully saturated rings. The number of likely N-dealkylation sites (N-methyl/N-ethyl adjacent to an activating group) is 1. The lowest BCUT2D eigenvalue weighted by Crippen LogP contribution is -2.44. The number of aryl methyl sites for hydroxylation is 1. The van der Waals surface area contributed by atoms with E-state index >= 15 is 0 Å². The Bertz CT molecular complexity index is 1090. The van der Waals surface area contributed by atoms with Crippen molar-refractivity contribution in [2.24, 2.45) is 5.73 Å². The average molecular weight is 436 g/mol. The van der Waals surface area contributed by atoms with E-state index < -0.39 is 5.91 Å². The highest BCUT2D eigenvalue weighted by Crippen LogP contribution is 2.29. The number of phenols is 1. The van der Waals surface area contributed by atoms with E-state index in [2.05, 4.69) is 56.7 Å². The number of hydrogen-bond acceptors (Lipinski definition) is 7. The molecule has 168 valence electrons. The monoisotopic (exact) mass is 435 g/mol. The summed E-state index contributed by atoms with van der Waals surface area (Å²) in [7, 11) is 2.14. The van der Waals surface area contributed by atoms with Gasteiger partial charge in [-0.3, -0.25) is 9.89 Å². The summed E-state index contributed by atoms with van der Waals surface area (Å²) >= 11 is 0. The number of nitrogens with zero attached hydrogens (tertiary/aromatic N) is 3. The number of amides is 1. The third-order valence-electron chi connectivity index (χ3n) is 5.72. The maximum atomic E-state index is 12.1. The lowest BCUT2D eigenvalue weighted by atomic mass is 10.1. The number of anilines is 4. The Morgan fingerprint density at radius 3 is 2.53 bits per heavy atom. The van der Waals surface area contributed by atoms with Crippen LogP contribution in [-0.2, 0) is 6.54 Å². The number of carbonyl (C=O) groups is 1. The summed E-state index contributed by atoms with van der Waals surface area (Å²) in [6.07, 6.45) is 0. The molecule has 32 heavy (non-hydrogen) atoms. The van der Waals surface area contributed by atoms with Gasteiger partial charge in [-0.25, -0.2) is 0 Å². The fourth-order valence-corrected chi connectivity index (χ4v) is 3.88. The molecule has 9 nitrogen and oxygen atoms in total. The average Bonchev–Trinajstić information content (AvgIpc) is 3.17. The summed E-state index contributed by atoms with van der Waals surface area (Å²) in [5.74, 6) is 0.435. The highest BCUT2D eigenvalue weighted by molar-refractivity contribution is 6.03. The van der Waals surface area contributed by atoms with Crippen LogP contribution in [0.1, 0.15) is 21.5 Å². The van der Waals surface area contributed by atoms with Crippen LogP contribution in [0.5, 0.6) is 5.75 Å². The van der Waals surface area contributed by atoms with Crippen molar-refractivity contribution < 1.29 is 9.90 Å². The molecular weight excluding hydrogens is 406 g/mol. The van der Waals surface area contributed by atoms with Gasteiger partial charge in [0.1, 0.15) is 17.1 Å². The molecule has 1 saturated heterocycles. The van der Waals surface area contributed by atoms with Crippen LogP contribution in [-0.4, -0.2) is 59.3 Å². The second-order valence-corrected chi connectivity index (χ2v) is 8.12. The topological polar surface area (TPSA) is 123 Å². The second kappa shape index (κ2) is 9.19. The van der Waals surface area contributed by atoms with Gasteiger partial charge in [-0.1, -0.05) is 12.1 Å².